The predicted molar refractivity (Wildman–Crippen MR) is 146 cm³/mol. The van der Waals surface area contributed by atoms with Gasteiger partial charge in [0.1, 0.15) is 12.0 Å². The molecule has 1 N–H and O–H groups in total. The van der Waals surface area contributed by atoms with Crippen LogP contribution in [0.3, 0.4) is 0 Å². The molecule has 0 aliphatic heterocycles. The van der Waals surface area contributed by atoms with E-state index in [-0.39, 0.29) is 4.90 Å². The molecule has 1 heterocycles. The standard InChI is InChI=1S/C28H39N3O4S/c1-6-31(7-2)27(35-36(32,33)24-14-12-21(3)13-15-24)11-9-8-10-17-29-26-20-23(34-5)19-25-22(4)16-18-30-28(25)26/h12-16,18-20,27,29H,6-11,17H2,1-5H3. The van der Waals surface area contributed by atoms with Crippen LogP contribution < -0.4 is 10.1 Å². The number of pyridine rings is 1. The maximum atomic E-state index is 12.9. The maximum absolute atomic E-state index is 12.9. The number of rotatable bonds is 14. The van der Waals surface area contributed by atoms with E-state index in [1.165, 1.54) is 0 Å². The van der Waals surface area contributed by atoms with Crippen LogP contribution in [0.4, 0.5) is 5.69 Å². The average molecular weight is 514 g/mol. The third kappa shape index (κ3) is 7.18. The molecule has 1 atom stereocenters. The fraction of sp³-hybridized carbons (Fsp3) is 0.464. The zero-order valence-corrected chi connectivity index (χ0v) is 22.9. The molecule has 0 saturated carbocycles. The summed E-state index contributed by atoms with van der Waals surface area (Å²) < 4.78 is 37.0. The number of methoxy groups -OCH3 is 1. The highest BCUT2D eigenvalue weighted by Gasteiger charge is 2.25. The highest BCUT2D eigenvalue weighted by Crippen LogP contribution is 2.30. The first-order valence-corrected chi connectivity index (χ1v) is 14.1. The van der Waals surface area contributed by atoms with Gasteiger partial charge in [0.25, 0.3) is 10.1 Å². The Balaban J connectivity index is 1.57. The molecule has 0 aliphatic rings. The topological polar surface area (TPSA) is 80.8 Å². The van der Waals surface area contributed by atoms with E-state index in [1.807, 2.05) is 45.2 Å². The Morgan fingerprint density at radius 1 is 1.00 bits per heavy atom. The van der Waals surface area contributed by atoms with Crippen LogP contribution in [0.1, 0.15) is 50.7 Å². The highest BCUT2D eigenvalue weighted by atomic mass is 32.2. The van der Waals surface area contributed by atoms with Gasteiger partial charge in [-0.05, 0) is 76.0 Å². The van der Waals surface area contributed by atoms with Crippen molar-refractivity contribution < 1.29 is 17.3 Å². The van der Waals surface area contributed by atoms with Gasteiger partial charge in [-0.3, -0.25) is 9.88 Å². The Kier molecular flexibility index (Phi) is 10.1. The molecule has 0 bridgehead atoms. The van der Waals surface area contributed by atoms with Gasteiger partial charge in [0.2, 0.25) is 0 Å². The first-order chi connectivity index (χ1) is 17.3. The van der Waals surface area contributed by atoms with Gasteiger partial charge < -0.3 is 10.1 Å². The number of hydrogen-bond acceptors (Lipinski definition) is 7. The summed E-state index contributed by atoms with van der Waals surface area (Å²) in [6.45, 7) is 10.3. The van der Waals surface area contributed by atoms with Crippen molar-refractivity contribution in [1.29, 1.82) is 0 Å². The summed E-state index contributed by atoms with van der Waals surface area (Å²) in [6, 6.07) is 12.8. The van der Waals surface area contributed by atoms with Crippen LogP contribution in [0.2, 0.25) is 0 Å². The van der Waals surface area contributed by atoms with Crippen molar-refractivity contribution in [3.8, 4) is 5.75 Å². The molecule has 36 heavy (non-hydrogen) atoms. The van der Waals surface area contributed by atoms with Crippen molar-refractivity contribution >= 4 is 26.7 Å². The summed E-state index contributed by atoms with van der Waals surface area (Å²) >= 11 is 0. The van der Waals surface area contributed by atoms with Gasteiger partial charge >= 0.3 is 0 Å². The third-order valence-electron chi connectivity index (χ3n) is 6.48. The molecule has 0 spiro atoms. The first kappa shape index (κ1) is 27.9. The lowest BCUT2D eigenvalue weighted by atomic mass is 10.1. The molecule has 196 valence electrons. The minimum absolute atomic E-state index is 0.198. The number of unbranched alkanes of at least 4 members (excludes halogenated alkanes) is 2. The van der Waals surface area contributed by atoms with Crippen LogP contribution in [0.25, 0.3) is 10.9 Å². The molecular formula is C28H39N3O4S. The third-order valence-corrected chi connectivity index (χ3v) is 7.81. The first-order valence-electron chi connectivity index (χ1n) is 12.7. The van der Waals surface area contributed by atoms with Crippen LogP contribution in [0, 0.1) is 13.8 Å². The van der Waals surface area contributed by atoms with Gasteiger partial charge in [-0.1, -0.05) is 38.0 Å². The Labute approximate surface area is 216 Å². The highest BCUT2D eigenvalue weighted by molar-refractivity contribution is 7.86. The van der Waals surface area contributed by atoms with Crippen LogP contribution in [-0.2, 0) is 14.3 Å². The van der Waals surface area contributed by atoms with Crippen LogP contribution >= 0.6 is 0 Å². The molecule has 0 radical (unpaired) electrons. The lowest BCUT2D eigenvalue weighted by Crippen LogP contribution is -2.38. The van der Waals surface area contributed by atoms with Gasteiger partial charge in [0.15, 0.2) is 0 Å². The van der Waals surface area contributed by atoms with E-state index in [0.717, 1.165) is 72.4 Å². The summed E-state index contributed by atoms with van der Waals surface area (Å²) in [7, 11) is -2.16. The van der Waals surface area contributed by atoms with Crippen LogP contribution in [-0.4, -0.2) is 51.3 Å². The van der Waals surface area contributed by atoms with Gasteiger partial charge in [-0.2, -0.15) is 8.42 Å². The van der Waals surface area contributed by atoms with Crippen LogP contribution in [0.15, 0.2) is 53.6 Å². The molecule has 7 nitrogen and oxygen atoms in total. The number of fused-ring (bicyclic) bond motifs is 1. The second-order valence-corrected chi connectivity index (χ2v) is 10.6. The predicted octanol–water partition coefficient (Wildman–Crippen LogP) is 5.91. The number of nitrogens with zero attached hydrogens (tertiary/aromatic N) is 2. The smallest absolute Gasteiger partial charge is 0.298 e. The van der Waals surface area contributed by atoms with E-state index >= 15 is 0 Å². The minimum Gasteiger partial charge on any atom is -0.497 e. The molecule has 0 amide bonds. The summed E-state index contributed by atoms with van der Waals surface area (Å²) in [5.41, 5.74) is 4.06. The van der Waals surface area contributed by atoms with Crippen molar-refractivity contribution in [2.75, 3.05) is 32.1 Å². The average Bonchev–Trinajstić information content (AvgIpc) is 2.87. The molecule has 3 aromatic rings. The van der Waals surface area contributed by atoms with Gasteiger partial charge in [0, 0.05) is 24.2 Å². The fourth-order valence-electron chi connectivity index (χ4n) is 4.29. The zero-order valence-electron chi connectivity index (χ0n) is 22.1. The monoisotopic (exact) mass is 513 g/mol. The Morgan fingerprint density at radius 3 is 2.39 bits per heavy atom. The maximum Gasteiger partial charge on any atom is 0.298 e. The summed E-state index contributed by atoms with van der Waals surface area (Å²) in [5.74, 6) is 0.801. The molecular weight excluding hydrogens is 474 g/mol. The van der Waals surface area contributed by atoms with E-state index in [4.69, 9.17) is 8.92 Å². The molecule has 8 heteroatoms. The van der Waals surface area contributed by atoms with E-state index in [1.54, 1.807) is 31.4 Å². The number of aromatic nitrogens is 1. The van der Waals surface area contributed by atoms with Gasteiger partial charge in [-0.15, -0.1) is 0 Å². The van der Waals surface area contributed by atoms with Crippen molar-refractivity contribution in [2.45, 2.75) is 64.5 Å². The Morgan fingerprint density at radius 2 is 1.72 bits per heavy atom. The second kappa shape index (κ2) is 13.0. The molecule has 1 unspecified atom stereocenters. The van der Waals surface area contributed by atoms with Crippen molar-refractivity contribution in [2.24, 2.45) is 0 Å². The molecule has 0 saturated heterocycles. The quantitative estimate of drug-likeness (QED) is 0.163. The lowest BCUT2D eigenvalue weighted by Gasteiger charge is -2.29. The second-order valence-electron chi connectivity index (χ2n) is 9.01. The van der Waals surface area contributed by atoms with Crippen molar-refractivity contribution in [3.05, 3.63) is 59.8 Å². The van der Waals surface area contributed by atoms with E-state index in [0.29, 0.717) is 6.42 Å². The number of aryl methyl sites for hydroxylation is 2. The van der Waals surface area contributed by atoms with E-state index in [9.17, 15) is 8.42 Å². The molecule has 0 fully saturated rings. The SMILES string of the molecule is CCN(CC)C(CCCCCNc1cc(OC)cc2c(C)ccnc12)OS(=O)(=O)c1ccc(C)cc1. The van der Waals surface area contributed by atoms with Crippen molar-refractivity contribution in [1.82, 2.24) is 9.88 Å². The normalized spacial score (nSPS) is 12.7. The zero-order chi connectivity index (χ0) is 26.1. The lowest BCUT2D eigenvalue weighted by molar-refractivity contribution is 0.0295. The molecule has 1 aromatic heterocycles. The van der Waals surface area contributed by atoms with E-state index in [2.05, 4.69) is 22.1 Å². The molecule has 2 aromatic carbocycles. The van der Waals surface area contributed by atoms with Crippen molar-refractivity contribution in [3.63, 3.8) is 0 Å². The summed E-state index contributed by atoms with van der Waals surface area (Å²) in [5, 5.41) is 4.58. The number of nitrogens with one attached hydrogen (secondary N) is 1. The van der Waals surface area contributed by atoms with Crippen LogP contribution in [0.5, 0.6) is 5.75 Å². The fourth-order valence-corrected chi connectivity index (χ4v) is 5.38. The minimum atomic E-state index is -3.83. The number of hydrogen-bond donors (Lipinski definition) is 1. The Hall–Kier alpha value is -2.68. The summed E-state index contributed by atoms with van der Waals surface area (Å²) in [4.78, 5) is 6.81. The van der Waals surface area contributed by atoms with Gasteiger partial charge in [-0.25, -0.2) is 4.18 Å². The number of benzene rings is 2. The number of ether oxygens (including phenoxy) is 1. The Bertz CT molecular complexity index is 1230. The number of anilines is 1. The summed E-state index contributed by atoms with van der Waals surface area (Å²) in [6.07, 6.45) is 4.76. The molecule has 0 aliphatic carbocycles. The van der Waals surface area contributed by atoms with Gasteiger partial charge in [0.05, 0.1) is 23.2 Å². The molecule has 3 rings (SSSR count). The largest absolute Gasteiger partial charge is 0.497 e. The van der Waals surface area contributed by atoms with E-state index < -0.39 is 16.3 Å².